The van der Waals surface area contributed by atoms with Gasteiger partial charge in [0.1, 0.15) is 11.5 Å². The minimum atomic E-state index is -0.535. The van der Waals surface area contributed by atoms with Crippen molar-refractivity contribution in [2.24, 2.45) is 5.73 Å². The molecule has 0 atom stereocenters. The molecule has 8 heteroatoms. The fourth-order valence-corrected chi connectivity index (χ4v) is 7.59. The van der Waals surface area contributed by atoms with Crippen molar-refractivity contribution in [3.63, 3.8) is 0 Å². The van der Waals surface area contributed by atoms with E-state index in [1.54, 1.807) is 23.5 Å². The van der Waals surface area contributed by atoms with E-state index in [9.17, 15) is 19.8 Å². The van der Waals surface area contributed by atoms with Crippen LogP contribution >= 0.6 is 23.5 Å². The lowest BCUT2D eigenvalue weighted by Gasteiger charge is -2.32. The fraction of sp³-hybridized carbons (Fsp3) is 0.611. The number of aromatic hydroxyl groups is 2. The number of thioether (sulfide) groups is 2. The van der Waals surface area contributed by atoms with Gasteiger partial charge in [-0.1, -0.05) is 76.2 Å². The summed E-state index contributed by atoms with van der Waals surface area (Å²) in [7, 11) is 0. The molecule has 0 heterocycles. The van der Waals surface area contributed by atoms with Gasteiger partial charge in [-0.15, -0.1) is 23.5 Å². The van der Waals surface area contributed by atoms with Gasteiger partial charge in [0, 0.05) is 38.5 Å². The number of carbonyl (C=O) groups is 2. The van der Waals surface area contributed by atoms with E-state index in [1.165, 1.54) is 0 Å². The molecule has 0 saturated carbocycles. The summed E-state index contributed by atoms with van der Waals surface area (Å²) in [6.07, 6.45) is 0.422. The maximum absolute atomic E-state index is 12.1. The van der Waals surface area contributed by atoms with Crippen molar-refractivity contribution in [2.75, 3.05) is 6.61 Å². The molecule has 1 amide bonds. The van der Waals surface area contributed by atoms with Crippen molar-refractivity contribution in [3.8, 4) is 11.5 Å². The Bertz CT molecular complexity index is 1320. The van der Waals surface area contributed by atoms with Gasteiger partial charge in [-0.25, -0.2) is 0 Å². The van der Waals surface area contributed by atoms with Gasteiger partial charge in [0.25, 0.3) is 0 Å². The number of ether oxygens (including phenoxy) is 1. The van der Waals surface area contributed by atoms with Crippen molar-refractivity contribution in [2.45, 2.75) is 145 Å². The predicted octanol–water partition coefficient (Wildman–Crippen LogP) is 9.09. The van der Waals surface area contributed by atoms with Crippen LogP contribution in [0, 0.1) is 0 Å². The number of amides is 1. The molecule has 0 saturated heterocycles. The molecule has 0 unspecified atom stereocenters. The normalized spacial score (nSPS) is 13.2. The van der Waals surface area contributed by atoms with E-state index in [0.29, 0.717) is 12.2 Å². The minimum Gasteiger partial charge on any atom is -0.507 e. The average Bonchev–Trinajstić information content (AvgIpc) is 2.82. The summed E-state index contributed by atoms with van der Waals surface area (Å²) in [5, 5.41) is 22.7. The molecular weight excluding hydrogens is 591 g/mol. The zero-order valence-corrected chi connectivity index (χ0v) is 30.8. The molecule has 2 aromatic rings. The third-order valence-corrected chi connectivity index (χ3v) is 10.0. The summed E-state index contributed by atoms with van der Waals surface area (Å²) in [6.45, 7) is 27.7. The lowest BCUT2D eigenvalue weighted by atomic mass is 9.77. The van der Waals surface area contributed by atoms with Crippen LogP contribution in [0.5, 0.6) is 11.5 Å². The summed E-state index contributed by atoms with van der Waals surface area (Å²) in [5.74, 6) is -0.355. The molecule has 44 heavy (non-hydrogen) atoms. The Morgan fingerprint density at radius 3 is 1.39 bits per heavy atom. The maximum atomic E-state index is 12.1. The lowest BCUT2D eigenvalue weighted by Crippen LogP contribution is -2.23. The Morgan fingerprint density at radius 2 is 1.02 bits per heavy atom. The monoisotopic (exact) mass is 645 g/mol. The van der Waals surface area contributed by atoms with Crippen LogP contribution in [0.25, 0.3) is 0 Å². The number of phenolic OH excluding ortho intramolecular Hbond substituents is 2. The van der Waals surface area contributed by atoms with Crippen molar-refractivity contribution < 1.29 is 24.5 Å². The van der Waals surface area contributed by atoms with E-state index in [4.69, 9.17) is 10.5 Å². The molecule has 2 rings (SSSR count). The van der Waals surface area contributed by atoms with Gasteiger partial charge in [0.2, 0.25) is 5.91 Å². The van der Waals surface area contributed by atoms with Gasteiger partial charge >= 0.3 is 5.97 Å². The van der Waals surface area contributed by atoms with Gasteiger partial charge in [-0.3, -0.25) is 9.59 Å². The number of benzene rings is 2. The second kappa shape index (κ2) is 13.6. The van der Waals surface area contributed by atoms with Crippen LogP contribution in [-0.4, -0.2) is 32.8 Å². The van der Waals surface area contributed by atoms with E-state index in [1.807, 2.05) is 13.8 Å². The number of esters is 1. The standard InChI is InChI=1S/C36H55NO5S2/c1-32(2,3)24-18-22(19-25(30(24)40)33(4,5)6)43-36(12,13)44-23-20-26(34(7,8)9)31(41)27(21-23)35(10,11)16-17-42-29(39)15-14-28(37)38/h18-21,40-41H,14-17H2,1-13H3,(H2,37,38). The predicted molar refractivity (Wildman–Crippen MR) is 185 cm³/mol. The zero-order valence-electron chi connectivity index (χ0n) is 29.2. The van der Waals surface area contributed by atoms with Crippen molar-refractivity contribution in [3.05, 3.63) is 46.5 Å². The first-order chi connectivity index (χ1) is 19.7. The lowest BCUT2D eigenvalue weighted by molar-refractivity contribution is -0.145. The molecule has 0 aliphatic carbocycles. The highest BCUT2D eigenvalue weighted by Gasteiger charge is 2.33. The summed E-state index contributed by atoms with van der Waals surface area (Å²) in [6, 6.07) is 8.39. The second-order valence-electron chi connectivity index (χ2n) is 15.9. The highest BCUT2D eigenvalue weighted by atomic mass is 32.2. The Morgan fingerprint density at radius 1 is 0.659 bits per heavy atom. The SMILES string of the molecule is CC(C)(Sc1cc(C(C)(C)C)c(O)c(C(C)(C)C)c1)Sc1cc(C(C)(C)C)c(O)c(C(C)(C)CCOC(=O)CCC(N)=O)c1. The fourth-order valence-electron chi connectivity index (χ4n) is 5.01. The number of rotatable bonds is 11. The van der Waals surface area contributed by atoms with E-state index >= 15 is 0 Å². The molecule has 0 radical (unpaired) electrons. The molecule has 0 aromatic heterocycles. The number of nitrogens with two attached hydrogens (primary N) is 1. The summed E-state index contributed by atoms with van der Waals surface area (Å²) >= 11 is 3.50. The van der Waals surface area contributed by atoms with Crippen LogP contribution in [0.15, 0.2) is 34.1 Å². The topological polar surface area (TPSA) is 110 Å². The largest absolute Gasteiger partial charge is 0.507 e. The Kier molecular flexibility index (Phi) is 11.7. The van der Waals surface area contributed by atoms with Crippen molar-refractivity contribution in [1.29, 1.82) is 0 Å². The summed E-state index contributed by atoms with van der Waals surface area (Å²) < 4.78 is 5.10. The van der Waals surface area contributed by atoms with Gasteiger partial charge < -0.3 is 20.7 Å². The van der Waals surface area contributed by atoms with Gasteiger partial charge in [0.05, 0.1) is 17.1 Å². The maximum Gasteiger partial charge on any atom is 0.306 e. The molecular formula is C36H55NO5S2. The summed E-state index contributed by atoms with van der Waals surface area (Å²) in [4.78, 5) is 25.2. The Labute approximate surface area is 274 Å². The molecule has 0 aliphatic heterocycles. The quantitative estimate of drug-likeness (QED) is 0.127. The van der Waals surface area contributed by atoms with Crippen LogP contribution in [0.1, 0.15) is 132 Å². The average molecular weight is 646 g/mol. The highest BCUT2D eigenvalue weighted by molar-refractivity contribution is 8.18. The van der Waals surface area contributed by atoms with E-state index in [0.717, 1.165) is 32.0 Å². The second-order valence-corrected chi connectivity index (χ2v) is 19.6. The van der Waals surface area contributed by atoms with Crippen LogP contribution in [-0.2, 0) is 36.0 Å². The van der Waals surface area contributed by atoms with E-state index < -0.39 is 17.3 Å². The third-order valence-electron chi connectivity index (χ3n) is 7.61. The first-order valence-corrected chi connectivity index (χ1v) is 17.0. The van der Waals surface area contributed by atoms with Crippen molar-refractivity contribution >= 4 is 35.4 Å². The zero-order chi connectivity index (χ0) is 34.1. The van der Waals surface area contributed by atoms with Crippen LogP contribution < -0.4 is 5.73 Å². The molecule has 0 fully saturated rings. The molecule has 0 spiro atoms. The number of primary amides is 1. The molecule has 0 bridgehead atoms. The molecule has 4 N–H and O–H groups in total. The molecule has 0 aliphatic rings. The van der Waals surface area contributed by atoms with Crippen LogP contribution in [0.3, 0.4) is 0 Å². The highest BCUT2D eigenvalue weighted by Crippen LogP contribution is 2.51. The Balaban J connectivity index is 2.46. The molecule has 6 nitrogen and oxygen atoms in total. The molecule has 246 valence electrons. The number of hydrogen-bond donors (Lipinski definition) is 3. The van der Waals surface area contributed by atoms with Crippen LogP contribution in [0.4, 0.5) is 0 Å². The van der Waals surface area contributed by atoms with Crippen LogP contribution in [0.2, 0.25) is 0 Å². The number of hydrogen-bond acceptors (Lipinski definition) is 7. The van der Waals surface area contributed by atoms with Gasteiger partial charge in [0.15, 0.2) is 0 Å². The van der Waals surface area contributed by atoms with Crippen molar-refractivity contribution in [1.82, 2.24) is 0 Å². The number of carbonyl (C=O) groups excluding carboxylic acids is 2. The smallest absolute Gasteiger partial charge is 0.306 e. The first-order valence-electron chi connectivity index (χ1n) is 15.3. The molecule has 2 aromatic carbocycles. The first kappa shape index (κ1) is 37.9. The summed E-state index contributed by atoms with van der Waals surface area (Å²) in [5.41, 5.74) is 7.45. The van der Waals surface area contributed by atoms with Gasteiger partial charge in [-0.05, 0) is 66.2 Å². The van der Waals surface area contributed by atoms with E-state index in [2.05, 4.69) is 100 Å². The van der Waals surface area contributed by atoms with E-state index in [-0.39, 0.29) is 45.5 Å². The Hall–Kier alpha value is -2.32. The minimum absolute atomic E-state index is 0.0375. The number of phenols is 2. The van der Waals surface area contributed by atoms with Gasteiger partial charge in [-0.2, -0.15) is 0 Å². The third kappa shape index (κ3) is 10.4.